The zero-order valence-electron chi connectivity index (χ0n) is 15.7. The number of rotatable bonds is 3. The van der Waals surface area contributed by atoms with E-state index in [0.717, 1.165) is 18.3 Å². The molecule has 0 aromatic rings. The molecule has 0 unspecified atom stereocenters. The van der Waals surface area contributed by atoms with E-state index in [2.05, 4.69) is 34.6 Å². The molecule has 0 N–H and O–H groups in total. The fourth-order valence-electron chi connectivity index (χ4n) is 5.99. The Kier molecular flexibility index (Phi) is 4.18. The van der Waals surface area contributed by atoms with Crippen LogP contribution in [0.5, 0.6) is 0 Å². The summed E-state index contributed by atoms with van der Waals surface area (Å²) >= 11 is 0. The minimum atomic E-state index is -0.148. The molecule has 3 rings (SSSR count). The van der Waals surface area contributed by atoms with Crippen molar-refractivity contribution < 1.29 is 9.53 Å². The molecule has 2 aliphatic carbocycles. The van der Waals surface area contributed by atoms with Crippen LogP contribution in [0.4, 0.5) is 0 Å². The number of carbonyl (C=O) groups excluding carboxylic acids is 1. The Labute approximate surface area is 142 Å². The Morgan fingerprint density at radius 1 is 1.17 bits per heavy atom. The Bertz CT molecular complexity index is 518. The van der Waals surface area contributed by atoms with Crippen molar-refractivity contribution in [3.63, 3.8) is 0 Å². The second kappa shape index (κ2) is 5.63. The average Bonchev–Trinajstić information content (AvgIpc) is 2.90. The molecule has 130 valence electrons. The van der Waals surface area contributed by atoms with Crippen molar-refractivity contribution in [2.45, 2.75) is 79.6 Å². The summed E-state index contributed by atoms with van der Waals surface area (Å²) in [6.07, 6.45) is 10.8. The highest BCUT2D eigenvalue weighted by Gasteiger charge is 2.58. The van der Waals surface area contributed by atoms with Crippen molar-refractivity contribution >= 4 is 5.97 Å². The van der Waals surface area contributed by atoms with Crippen LogP contribution >= 0.6 is 0 Å². The van der Waals surface area contributed by atoms with Gasteiger partial charge in [0.1, 0.15) is 6.61 Å². The van der Waals surface area contributed by atoms with Crippen LogP contribution in [0.2, 0.25) is 0 Å². The van der Waals surface area contributed by atoms with Gasteiger partial charge in [-0.25, -0.2) is 4.79 Å². The number of ether oxygens (including phenoxy) is 1. The zero-order chi connectivity index (χ0) is 16.9. The van der Waals surface area contributed by atoms with E-state index in [1.54, 1.807) is 6.08 Å². The summed E-state index contributed by atoms with van der Waals surface area (Å²) < 4.78 is 5.09. The van der Waals surface area contributed by atoms with Crippen molar-refractivity contribution in [3.8, 4) is 0 Å². The SMILES string of the molecule is C[C@@H]1CC[C@]2(C)[C@H](CCCC2(C)C)[C@@]1(C)CCC1=CC(=O)OC1. The van der Waals surface area contributed by atoms with Gasteiger partial charge in [0.15, 0.2) is 0 Å². The number of fused-ring (bicyclic) bond motifs is 1. The van der Waals surface area contributed by atoms with Crippen LogP contribution in [0.25, 0.3) is 0 Å². The number of hydrogen-bond acceptors (Lipinski definition) is 2. The lowest BCUT2D eigenvalue weighted by Crippen LogP contribution is -2.56. The quantitative estimate of drug-likeness (QED) is 0.641. The van der Waals surface area contributed by atoms with E-state index in [-0.39, 0.29) is 5.97 Å². The molecular formula is C21H34O2. The molecule has 23 heavy (non-hydrogen) atoms. The van der Waals surface area contributed by atoms with Crippen molar-refractivity contribution in [2.24, 2.45) is 28.1 Å². The number of cyclic esters (lactones) is 1. The maximum Gasteiger partial charge on any atom is 0.331 e. The molecule has 0 saturated heterocycles. The molecule has 0 amide bonds. The van der Waals surface area contributed by atoms with Crippen molar-refractivity contribution in [3.05, 3.63) is 11.6 Å². The minimum absolute atomic E-state index is 0.148. The first-order valence-corrected chi connectivity index (χ1v) is 9.55. The average molecular weight is 319 g/mol. The summed E-state index contributed by atoms with van der Waals surface area (Å²) in [5, 5.41) is 0. The van der Waals surface area contributed by atoms with Crippen LogP contribution < -0.4 is 0 Å². The van der Waals surface area contributed by atoms with E-state index in [0.29, 0.717) is 22.9 Å². The van der Waals surface area contributed by atoms with E-state index in [1.807, 2.05) is 0 Å². The van der Waals surface area contributed by atoms with Gasteiger partial charge in [-0.1, -0.05) is 41.0 Å². The van der Waals surface area contributed by atoms with Gasteiger partial charge < -0.3 is 4.74 Å². The predicted octanol–water partition coefficient (Wildman–Crippen LogP) is 5.52. The maximum atomic E-state index is 11.3. The molecule has 3 aliphatic rings. The highest BCUT2D eigenvalue weighted by atomic mass is 16.5. The fraction of sp³-hybridized carbons (Fsp3) is 0.857. The minimum Gasteiger partial charge on any atom is -0.458 e. The Morgan fingerprint density at radius 2 is 1.91 bits per heavy atom. The Hall–Kier alpha value is -0.790. The van der Waals surface area contributed by atoms with E-state index in [1.165, 1.54) is 44.1 Å². The number of carbonyl (C=O) groups is 1. The molecule has 0 radical (unpaired) electrons. The summed E-state index contributed by atoms with van der Waals surface area (Å²) in [5.41, 5.74) is 2.49. The van der Waals surface area contributed by atoms with Crippen molar-refractivity contribution in [1.29, 1.82) is 0 Å². The van der Waals surface area contributed by atoms with Gasteiger partial charge in [-0.2, -0.15) is 0 Å². The van der Waals surface area contributed by atoms with Gasteiger partial charge in [0.2, 0.25) is 0 Å². The lowest BCUT2D eigenvalue weighted by molar-refractivity contribution is -0.144. The second-order valence-electron chi connectivity index (χ2n) is 9.60. The first-order valence-electron chi connectivity index (χ1n) is 9.55. The summed E-state index contributed by atoms with van der Waals surface area (Å²) in [6, 6.07) is 0. The van der Waals surface area contributed by atoms with Crippen molar-refractivity contribution in [1.82, 2.24) is 0 Å². The fourth-order valence-corrected chi connectivity index (χ4v) is 5.99. The van der Waals surface area contributed by atoms with Crippen LogP contribution in [0, 0.1) is 28.1 Å². The van der Waals surface area contributed by atoms with Gasteiger partial charge in [0.05, 0.1) is 0 Å². The Balaban J connectivity index is 1.83. The summed E-state index contributed by atoms with van der Waals surface area (Å²) in [5.74, 6) is 1.43. The molecule has 0 bridgehead atoms. The lowest BCUT2D eigenvalue weighted by atomic mass is 9.41. The molecule has 2 nitrogen and oxygen atoms in total. The van der Waals surface area contributed by atoms with Gasteiger partial charge in [-0.3, -0.25) is 0 Å². The third-order valence-corrected chi connectivity index (χ3v) is 8.33. The largest absolute Gasteiger partial charge is 0.458 e. The van der Waals surface area contributed by atoms with Gasteiger partial charge in [-0.05, 0) is 72.2 Å². The molecule has 2 fully saturated rings. The van der Waals surface area contributed by atoms with Crippen LogP contribution in [0.1, 0.15) is 79.6 Å². The third kappa shape index (κ3) is 2.66. The predicted molar refractivity (Wildman–Crippen MR) is 94.0 cm³/mol. The molecule has 0 aromatic heterocycles. The zero-order valence-corrected chi connectivity index (χ0v) is 15.7. The summed E-state index contributed by atoms with van der Waals surface area (Å²) in [6.45, 7) is 13.1. The molecular weight excluding hydrogens is 284 g/mol. The molecule has 2 saturated carbocycles. The number of hydrogen-bond donors (Lipinski definition) is 0. The van der Waals surface area contributed by atoms with Crippen LogP contribution in [-0.2, 0) is 9.53 Å². The van der Waals surface area contributed by atoms with E-state index < -0.39 is 0 Å². The van der Waals surface area contributed by atoms with Crippen LogP contribution in [0.3, 0.4) is 0 Å². The standard InChI is InChI=1S/C21H34O2/c1-15-8-12-21(5)17(7-6-10-19(21,2)3)20(15,4)11-9-16-13-18(22)23-14-16/h13,15,17H,6-12,14H2,1-5H3/t15-,17-,20+,21-/m1/s1. The van der Waals surface area contributed by atoms with Crippen molar-refractivity contribution in [2.75, 3.05) is 6.61 Å². The summed E-state index contributed by atoms with van der Waals surface area (Å²) in [4.78, 5) is 11.3. The molecule has 1 aliphatic heterocycles. The van der Waals surface area contributed by atoms with Crippen LogP contribution in [-0.4, -0.2) is 12.6 Å². The van der Waals surface area contributed by atoms with E-state index >= 15 is 0 Å². The monoisotopic (exact) mass is 318 g/mol. The molecule has 1 heterocycles. The van der Waals surface area contributed by atoms with Gasteiger partial charge in [-0.15, -0.1) is 0 Å². The molecule has 0 aromatic carbocycles. The maximum absolute atomic E-state index is 11.3. The normalized spacial score (nSPS) is 42.8. The molecule has 0 spiro atoms. The smallest absolute Gasteiger partial charge is 0.331 e. The van der Waals surface area contributed by atoms with Gasteiger partial charge in [0, 0.05) is 6.08 Å². The third-order valence-electron chi connectivity index (χ3n) is 8.33. The van der Waals surface area contributed by atoms with Gasteiger partial charge >= 0.3 is 5.97 Å². The molecule has 4 atom stereocenters. The van der Waals surface area contributed by atoms with E-state index in [4.69, 9.17) is 4.74 Å². The topological polar surface area (TPSA) is 26.3 Å². The summed E-state index contributed by atoms with van der Waals surface area (Å²) in [7, 11) is 0. The number of esters is 1. The first kappa shape index (κ1) is 17.0. The van der Waals surface area contributed by atoms with Crippen LogP contribution in [0.15, 0.2) is 11.6 Å². The highest BCUT2D eigenvalue weighted by Crippen LogP contribution is 2.66. The van der Waals surface area contributed by atoms with E-state index in [9.17, 15) is 4.79 Å². The molecule has 2 heteroatoms. The lowest BCUT2D eigenvalue weighted by Gasteiger charge is -2.64. The second-order valence-corrected chi connectivity index (χ2v) is 9.60. The highest BCUT2D eigenvalue weighted by molar-refractivity contribution is 5.85. The Morgan fingerprint density at radius 3 is 2.57 bits per heavy atom. The first-order chi connectivity index (χ1) is 10.7. The van der Waals surface area contributed by atoms with Gasteiger partial charge in [0.25, 0.3) is 0 Å².